The van der Waals surface area contributed by atoms with Gasteiger partial charge >= 0.3 is 17.8 Å². The van der Waals surface area contributed by atoms with Crippen molar-refractivity contribution >= 4 is 35.5 Å². The lowest BCUT2D eigenvalue weighted by Crippen LogP contribution is -2.34. The first kappa shape index (κ1) is 25.5. The molecule has 3 rings (SSSR count). The third kappa shape index (κ3) is 6.06. The van der Waals surface area contributed by atoms with Crippen molar-refractivity contribution < 1.29 is 28.3 Å². The van der Waals surface area contributed by atoms with E-state index >= 15 is 0 Å². The number of benzene rings is 1. The summed E-state index contributed by atoms with van der Waals surface area (Å²) in [6.45, 7) is 8.02. The van der Waals surface area contributed by atoms with E-state index in [0.717, 1.165) is 5.56 Å². The number of nitrogens with one attached hydrogen (secondary N) is 2. The average molecular weight is 480 g/mol. The van der Waals surface area contributed by atoms with Crippen LogP contribution < -0.4 is 10.6 Å². The minimum Gasteiger partial charge on any atom is -0.465 e. The zero-order valence-corrected chi connectivity index (χ0v) is 20.4. The zero-order valence-electron chi connectivity index (χ0n) is 20.4. The van der Waals surface area contributed by atoms with Gasteiger partial charge in [-0.25, -0.2) is 4.79 Å². The van der Waals surface area contributed by atoms with E-state index in [1.165, 1.54) is 13.2 Å². The summed E-state index contributed by atoms with van der Waals surface area (Å²) in [5.74, 6) is -1.63. The minimum atomic E-state index is -0.816. The molecule has 2 aromatic rings. The number of allylic oxidation sites excluding steroid dienone is 1. The van der Waals surface area contributed by atoms with Crippen LogP contribution in [0.2, 0.25) is 0 Å². The summed E-state index contributed by atoms with van der Waals surface area (Å²) < 4.78 is 10.6. The lowest BCUT2D eigenvalue weighted by molar-refractivity contribution is -0.136. The van der Waals surface area contributed by atoms with Crippen molar-refractivity contribution in [1.29, 1.82) is 0 Å². The molecule has 1 aromatic heterocycles. The van der Waals surface area contributed by atoms with E-state index in [-0.39, 0.29) is 29.5 Å². The van der Waals surface area contributed by atoms with Gasteiger partial charge in [-0.05, 0) is 50.1 Å². The first-order valence-electron chi connectivity index (χ1n) is 11.2. The normalized spacial score (nSPS) is 14.6. The highest BCUT2D eigenvalue weighted by Gasteiger charge is 2.37. The number of ether oxygens (including phenoxy) is 1. The SMILES string of the molecule is COC(=O)C1=C(C)N(CC(C)C)C(=O)/C1=C/c1ccc(CNC(=O)C(=O)Nc2ccc(C)cc2)o1. The second-order valence-electron chi connectivity index (χ2n) is 8.63. The van der Waals surface area contributed by atoms with Gasteiger partial charge in [-0.1, -0.05) is 31.5 Å². The van der Waals surface area contributed by atoms with Gasteiger partial charge in [0.05, 0.1) is 24.8 Å². The molecule has 35 heavy (non-hydrogen) atoms. The molecule has 1 aliphatic heterocycles. The summed E-state index contributed by atoms with van der Waals surface area (Å²) in [4.78, 5) is 51.2. The molecule has 0 saturated heterocycles. The van der Waals surface area contributed by atoms with Crippen LogP contribution in [0.5, 0.6) is 0 Å². The average Bonchev–Trinajstić information content (AvgIpc) is 3.36. The summed E-state index contributed by atoms with van der Waals surface area (Å²) in [5, 5.41) is 5.02. The number of anilines is 1. The molecule has 2 heterocycles. The number of carbonyl (C=O) groups excluding carboxylic acids is 4. The fourth-order valence-electron chi connectivity index (χ4n) is 3.59. The molecule has 0 spiro atoms. The van der Waals surface area contributed by atoms with Crippen LogP contribution in [-0.4, -0.2) is 42.2 Å². The molecular weight excluding hydrogens is 450 g/mol. The van der Waals surface area contributed by atoms with Crippen LogP contribution in [0.4, 0.5) is 5.69 Å². The molecule has 0 fully saturated rings. The Morgan fingerprint density at radius 3 is 2.37 bits per heavy atom. The van der Waals surface area contributed by atoms with Crippen LogP contribution in [0.25, 0.3) is 6.08 Å². The molecule has 0 atom stereocenters. The molecule has 9 heteroatoms. The summed E-state index contributed by atoms with van der Waals surface area (Å²) in [6, 6.07) is 10.3. The Morgan fingerprint density at radius 1 is 1.06 bits per heavy atom. The van der Waals surface area contributed by atoms with E-state index in [0.29, 0.717) is 29.4 Å². The van der Waals surface area contributed by atoms with Crippen LogP contribution in [0.15, 0.2) is 57.7 Å². The number of aryl methyl sites for hydroxylation is 1. The van der Waals surface area contributed by atoms with Crippen LogP contribution >= 0.6 is 0 Å². The van der Waals surface area contributed by atoms with Crippen LogP contribution in [-0.2, 0) is 30.5 Å². The molecule has 3 amide bonds. The number of furan rings is 1. The zero-order chi connectivity index (χ0) is 25.7. The molecule has 0 radical (unpaired) electrons. The Kier molecular flexibility index (Phi) is 7.91. The Labute approximate surface area is 203 Å². The maximum absolute atomic E-state index is 13.0. The number of nitrogens with zero attached hydrogens (tertiary/aromatic N) is 1. The monoisotopic (exact) mass is 479 g/mol. The fourth-order valence-corrected chi connectivity index (χ4v) is 3.59. The summed E-state index contributed by atoms with van der Waals surface area (Å²) >= 11 is 0. The Bertz CT molecular complexity index is 1200. The first-order chi connectivity index (χ1) is 16.6. The predicted octanol–water partition coefficient (Wildman–Crippen LogP) is 3.17. The molecular formula is C26H29N3O6. The van der Waals surface area contributed by atoms with Crippen molar-refractivity contribution in [3.8, 4) is 0 Å². The standard InChI is InChI=1S/C26H29N3O6/c1-15(2)14-29-17(4)22(26(33)34-5)21(25(29)32)12-19-10-11-20(35-19)13-27-23(30)24(31)28-18-8-6-16(3)7-9-18/h6-12,15H,13-14H2,1-5H3,(H,27,30)(H,28,31)/b21-12+. The largest absolute Gasteiger partial charge is 0.465 e. The number of methoxy groups -OCH3 is 1. The van der Waals surface area contributed by atoms with Gasteiger partial charge in [0.15, 0.2) is 0 Å². The van der Waals surface area contributed by atoms with Gasteiger partial charge in [0.25, 0.3) is 5.91 Å². The highest BCUT2D eigenvalue weighted by molar-refractivity contribution is 6.39. The Balaban J connectivity index is 1.69. The summed E-state index contributed by atoms with van der Waals surface area (Å²) in [6.07, 6.45) is 1.48. The number of amides is 3. The summed E-state index contributed by atoms with van der Waals surface area (Å²) in [5.41, 5.74) is 2.45. The highest BCUT2D eigenvalue weighted by Crippen LogP contribution is 2.32. The first-order valence-corrected chi connectivity index (χ1v) is 11.2. The van der Waals surface area contributed by atoms with Crippen LogP contribution in [0, 0.1) is 12.8 Å². The van der Waals surface area contributed by atoms with E-state index in [1.807, 2.05) is 32.9 Å². The maximum atomic E-state index is 13.0. The van der Waals surface area contributed by atoms with Crippen LogP contribution in [0.1, 0.15) is 37.9 Å². The molecule has 9 nitrogen and oxygen atoms in total. The number of hydrogen-bond donors (Lipinski definition) is 2. The maximum Gasteiger partial charge on any atom is 0.340 e. The number of esters is 1. The van der Waals surface area contributed by atoms with Gasteiger partial charge in [-0.3, -0.25) is 14.4 Å². The van der Waals surface area contributed by atoms with Crippen molar-refractivity contribution in [2.24, 2.45) is 5.92 Å². The molecule has 0 aliphatic carbocycles. The van der Waals surface area contributed by atoms with Gasteiger partial charge in [0, 0.05) is 17.9 Å². The molecule has 0 saturated carbocycles. The molecule has 184 valence electrons. The lowest BCUT2D eigenvalue weighted by atomic mass is 10.1. The second kappa shape index (κ2) is 10.9. The predicted molar refractivity (Wildman–Crippen MR) is 130 cm³/mol. The smallest absolute Gasteiger partial charge is 0.340 e. The molecule has 2 N–H and O–H groups in total. The highest BCUT2D eigenvalue weighted by atomic mass is 16.5. The van der Waals surface area contributed by atoms with E-state index in [9.17, 15) is 19.2 Å². The Morgan fingerprint density at radius 2 is 1.74 bits per heavy atom. The third-order valence-corrected chi connectivity index (χ3v) is 5.36. The number of rotatable bonds is 7. The van der Waals surface area contributed by atoms with E-state index in [4.69, 9.17) is 9.15 Å². The Hall–Kier alpha value is -4.14. The molecule has 0 unspecified atom stereocenters. The van der Waals surface area contributed by atoms with Gasteiger partial charge in [0.2, 0.25) is 0 Å². The lowest BCUT2D eigenvalue weighted by Gasteiger charge is -2.19. The van der Waals surface area contributed by atoms with Crippen molar-refractivity contribution in [3.63, 3.8) is 0 Å². The van der Waals surface area contributed by atoms with E-state index in [2.05, 4.69) is 10.6 Å². The fraction of sp³-hybridized carbons (Fsp3) is 0.308. The van der Waals surface area contributed by atoms with E-state index in [1.54, 1.807) is 36.1 Å². The van der Waals surface area contributed by atoms with Crippen molar-refractivity contribution in [2.75, 3.05) is 19.0 Å². The van der Waals surface area contributed by atoms with Gasteiger partial charge in [0.1, 0.15) is 11.5 Å². The topological polar surface area (TPSA) is 118 Å². The molecule has 1 aromatic carbocycles. The van der Waals surface area contributed by atoms with Gasteiger partial charge in [-0.2, -0.15) is 0 Å². The number of hydrogen-bond acceptors (Lipinski definition) is 6. The quantitative estimate of drug-likeness (QED) is 0.358. The van der Waals surface area contributed by atoms with Crippen molar-refractivity contribution in [2.45, 2.75) is 34.2 Å². The van der Waals surface area contributed by atoms with Gasteiger partial charge in [-0.15, -0.1) is 0 Å². The van der Waals surface area contributed by atoms with Gasteiger partial charge < -0.3 is 24.7 Å². The van der Waals surface area contributed by atoms with Crippen molar-refractivity contribution in [1.82, 2.24) is 10.2 Å². The molecule has 1 aliphatic rings. The van der Waals surface area contributed by atoms with Crippen molar-refractivity contribution in [3.05, 3.63) is 70.3 Å². The summed E-state index contributed by atoms with van der Waals surface area (Å²) in [7, 11) is 1.26. The third-order valence-electron chi connectivity index (χ3n) is 5.36. The van der Waals surface area contributed by atoms with E-state index < -0.39 is 17.8 Å². The second-order valence-corrected chi connectivity index (χ2v) is 8.63. The minimum absolute atomic E-state index is 0.0323. The number of carbonyl (C=O) groups is 4. The molecule has 0 bridgehead atoms. The van der Waals surface area contributed by atoms with Crippen LogP contribution in [0.3, 0.4) is 0 Å².